The monoisotopic (exact) mass is 409 g/mol. The number of nitrogens with one attached hydrogen (secondary N) is 1. The lowest BCUT2D eigenvalue weighted by atomic mass is 10.3. The minimum absolute atomic E-state index is 0.000214. The van der Waals surface area contributed by atoms with Crippen molar-refractivity contribution in [2.75, 3.05) is 10.5 Å². The average Bonchev–Trinajstić information content (AvgIpc) is 2.86. The van der Waals surface area contributed by atoms with E-state index in [1.165, 1.54) is 24.3 Å². The van der Waals surface area contributed by atoms with Gasteiger partial charge in [-0.1, -0.05) is 6.92 Å². The zero-order valence-electron chi connectivity index (χ0n) is 10.9. The van der Waals surface area contributed by atoms with E-state index >= 15 is 0 Å². The minimum atomic E-state index is -3.68. The largest absolute Gasteiger partial charge is 0.279 e. The molecule has 0 aliphatic rings. The number of hydrogen-bond donors (Lipinski definition) is 1. The summed E-state index contributed by atoms with van der Waals surface area (Å²) in [6.07, 6.45) is 0. The van der Waals surface area contributed by atoms with Gasteiger partial charge in [-0.2, -0.15) is 0 Å². The fourth-order valence-electron chi connectivity index (χ4n) is 1.57. The van der Waals surface area contributed by atoms with E-state index in [0.717, 1.165) is 11.3 Å². The first-order valence-electron chi connectivity index (χ1n) is 5.85. The summed E-state index contributed by atoms with van der Waals surface area (Å²) in [5.41, 5.74) is 0.311. The van der Waals surface area contributed by atoms with Crippen LogP contribution in [0.3, 0.4) is 0 Å². The summed E-state index contributed by atoms with van der Waals surface area (Å²) in [4.78, 5) is 0.172. The van der Waals surface area contributed by atoms with E-state index in [4.69, 9.17) is 0 Å². The smallest absolute Gasteiger partial charge is 0.272 e. The van der Waals surface area contributed by atoms with Gasteiger partial charge in [0.25, 0.3) is 10.0 Å². The molecule has 1 heterocycles. The van der Waals surface area contributed by atoms with E-state index in [2.05, 4.69) is 20.7 Å². The number of sulfone groups is 1. The second kappa shape index (κ2) is 6.07. The molecule has 0 unspecified atom stereocenters. The molecule has 5 nitrogen and oxygen atoms in total. The second-order valence-electron chi connectivity index (χ2n) is 4.09. The third-order valence-electron chi connectivity index (χ3n) is 2.67. The van der Waals surface area contributed by atoms with Crippen molar-refractivity contribution in [1.29, 1.82) is 0 Å². The number of sulfonamides is 1. The Morgan fingerprint density at radius 3 is 2.19 bits per heavy atom. The van der Waals surface area contributed by atoms with Crippen molar-refractivity contribution < 1.29 is 16.8 Å². The van der Waals surface area contributed by atoms with Crippen LogP contribution in [0.5, 0.6) is 0 Å². The molecule has 0 aliphatic heterocycles. The van der Waals surface area contributed by atoms with Crippen molar-refractivity contribution in [3.8, 4) is 0 Å². The van der Waals surface area contributed by atoms with E-state index in [1.807, 2.05) is 0 Å². The molecule has 1 N–H and O–H groups in total. The summed E-state index contributed by atoms with van der Waals surface area (Å²) in [5.74, 6) is 0.000214. The maximum absolute atomic E-state index is 12.2. The van der Waals surface area contributed by atoms with Crippen LogP contribution in [0.2, 0.25) is 0 Å². The molecule has 0 bridgehead atoms. The Kier molecular flexibility index (Phi) is 4.76. The Balaban J connectivity index is 2.28. The Morgan fingerprint density at radius 1 is 1.10 bits per heavy atom. The van der Waals surface area contributed by atoms with E-state index in [0.29, 0.717) is 10.2 Å². The summed E-state index contributed by atoms with van der Waals surface area (Å²) in [6.45, 7) is 1.56. The molecular weight excluding hydrogens is 398 g/mol. The van der Waals surface area contributed by atoms with E-state index in [9.17, 15) is 16.8 Å². The molecule has 0 amide bonds. The molecule has 1 aromatic carbocycles. The highest BCUT2D eigenvalue weighted by Crippen LogP contribution is 2.29. The van der Waals surface area contributed by atoms with Gasteiger partial charge in [0.2, 0.25) is 0 Å². The molecule has 0 saturated carbocycles. The van der Waals surface area contributed by atoms with Crippen LogP contribution >= 0.6 is 27.3 Å². The molecule has 0 aliphatic carbocycles. The van der Waals surface area contributed by atoms with Gasteiger partial charge in [-0.25, -0.2) is 16.8 Å². The average molecular weight is 410 g/mol. The summed E-state index contributed by atoms with van der Waals surface area (Å²) in [5, 5.41) is 1.66. The van der Waals surface area contributed by atoms with Crippen molar-refractivity contribution in [3.63, 3.8) is 0 Å². The Bertz CT molecular complexity index is 839. The molecule has 0 atom stereocenters. The molecule has 21 heavy (non-hydrogen) atoms. The van der Waals surface area contributed by atoms with Crippen LogP contribution in [-0.2, 0) is 19.9 Å². The number of benzene rings is 1. The molecule has 0 spiro atoms. The SMILES string of the molecule is CCS(=O)(=O)c1ccc(NS(=O)(=O)c2sccc2Br)cc1. The fourth-order valence-corrected chi connectivity index (χ4v) is 5.85. The summed E-state index contributed by atoms with van der Waals surface area (Å²) < 4.78 is 50.8. The van der Waals surface area contributed by atoms with Gasteiger partial charge in [0.05, 0.1) is 10.6 Å². The van der Waals surface area contributed by atoms with Crippen LogP contribution in [-0.4, -0.2) is 22.6 Å². The summed E-state index contributed by atoms with van der Waals surface area (Å²) in [7, 11) is -6.97. The van der Waals surface area contributed by atoms with Gasteiger partial charge in [-0.15, -0.1) is 11.3 Å². The maximum Gasteiger partial charge on any atom is 0.272 e. The zero-order chi connectivity index (χ0) is 15.7. The minimum Gasteiger partial charge on any atom is -0.279 e. The first-order chi connectivity index (χ1) is 9.76. The van der Waals surface area contributed by atoms with Gasteiger partial charge >= 0.3 is 0 Å². The first kappa shape index (κ1) is 16.5. The third-order valence-corrected chi connectivity index (χ3v) is 8.48. The van der Waals surface area contributed by atoms with Crippen LogP contribution in [0.25, 0.3) is 0 Å². The van der Waals surface area contributed by atoms with Crippen LogP contribution in [0, 0.1) is 0 Å². The first-order valence-corrected chi connectivity index (χ1v) is 10.7. The predicted molar refractivity (Wildman–Crippen MR) is 87.0 cm³/mol. The lowest BCUT2D eigenvalue weighted by Crippen LogP contribution is -2.12. The summed E-state index contributed by atoms with van der Waals surface area (Å²) in [6, 6.07) is 7.29. The molecule has 0 saturated heterocycles. The lowest BCUT2D eigenvalue weighted by molar-refractivity contribution is 0.597. The van der Waals surface area contributed by atoms with Crippen LogP contribution in [0.4, 0.5) is 5.69 Å². The molecule has 2 aromatic rings. The van der Waals surface area contributed by atoms with Crippen molar-refractivity contribution in [2.24, 2.45) is 0 Å². The van der Waals surface area contributed by atoms with E-state index < -0.39 is 19.9 Å². The topological polar surface area (TPSA) is 80.3 Å². The van der Waals surface area contributed by atoms with Crippen LogP contribution in [0.1, 0.15) is 6.92 Å². The van der Waals surface area contributed by atoms with E-state index in [1.54, 1.807) is 18.4 Å². The highest BCUT2D eigenvalue weighted by atomic mass is 79.9. The van der Waals surface area contributed by atoms with Crippen molar-refractivity contribution in [2.45, 2.75) is 16.0 Å². The predicted octanol–water partition coefficient (Wildman–Crippen LogP) is 3.11. The Morgan fingerprint density at radius 2 is 1.71 bits per heavy atom. The van der Waals surface area contributed by atoms with Crippen molar-refractivity contribution >= 4 is 52.8 Å². The number of hydrogen-bond acceptors (Lipinski definition) is 5. The number of anilines is 1. The highest BCUT2D eigenvalue weighted by molar-refractivity contribution is 9.10. The lowest BCUT2D eigenvalue weighted by Gasteiger charge is -2.08. The molecule has 0 radical (unpaired) electrons. The zero-order valence-corrected chi connectivity index (χ0v) is 14.9. The molecule has 114 valence electrons. The van der Waals surface area contributed by atoms with Gasteiger partial charge in [0.1, 0.15) is 0 Å². The molecule has 1 aromatic heterocycles. The maximum atomic E-state index is 12.2. The Labute approximate surface area is 136 Å². The quantitative estimate of drug-likeness (QED) is 0.822. The van der Waals surface area contributed by atoms with E-state index in [-0.39, 0.29) is 14.9 Å². The van der Waals surface area contributed by atoms with Crippen LogP contribution < -0.4 is 4.72 Å². The molecular formula is C12H12BrNO4S3. The van der Waals surface area contributed by atoms with Gasteiger partial charge in [-0.05, 0) is 51.6 Å². The van der Waals surface area contributed by atoms with Gasteiger partial charge in [-0.3, -0.25) is 4.72 Å². The third kappa shape index (κ3) is 3.65. The van der Waals surface area contributed by atoms with Gasteiger partial charge in [0.15, 0.2) is 14.0 Å². The highest BCUT2D eigenvalue weighted by Gasteiger charge is 2.19. The molecule has 2 rings (SSSR count). The number of rotatable bonds is 5. The number of thiophene rings is 1. The summed E-state index contributed by atoms with van der Waals surface area (Å²) >= 11 is 4.27. The van der Waals surface area contributed by atoms with Crippen LogP contribution in [0.15, 0.2) is 49.3 Å². The van der Waals surface area contributed by atoms with Crippen molar-refractivity contribution in [1.82, 2.24) is 0 Å². The molecule has 0 fully saturated rings. The normalized spacial score (nSPS) is 12.3. The van der Waals surface area contributed by atoms with Gasteiger partial charge in [0, 0.05) is 10.2 Å². The van der Waals surface area contributed by atoms with Crippen molar-refractivity contribution in [3.05, 3.63) is 40.2 Å². The standard InChI is InChI=1S/C12H12BrNO4S3/c1-2-20(15,16)10-5-3-9(4-6-10)14-21(17,18)12-11(13)7-8-19-12/h3-8,14H,2H2,1H3. The Hall–Kier alpha value is -0.900. The number of halogens is 1. The van der Waals surface area contributed by atoms with Gasteiger partial charge < -0.3 is 0 Å². The second-order valence-corrected chi connectivity index (χ2v) is 10.0. The molecule has 9 heteroatoms. The fraction of sp³-hybridized carbons (Fsp3) is 0.167.